The molecule has 0 bridgehead atoms. The number of hydrogen-bond acceptors (Lipinski definition) is 5. The van der Waals surface area contributed by atoms with Gasteiger partial charge in [0.1, 0.15) is 24.3 Å². The quantitative estimate of drug-likeness (QED) is 0.908. The van der Waals surface area contributed by atoms with E-state index >= 15 is 0 Å². The van der Waals surface area contributed by atoms with Crippen molar-refractivity contribution < 1.29 is 9.84 Å². The predicted molar refractivity (Wildman–Crippen MR) is 83.7 cm³/mol. The number of ether oxygens (including phenoxy) is 1. The molecule has 116 valence electrons. The van der Waals surface area contributed by atoms with Crippen molar-refractivity contribution in [3.05, 3.63) is 53.6 Å². The Hall–Kier alpha value is -1.98. The van der Waals surface area contributed by atoms with Crippen molar-refractivity contribution in [3.63, 3.8) is 0 Å². The van der Waals surface area contributed by atoms with Crippen molar-refractivity contribution >= 4 is 0 Å². The first kappa shape index (κ1) is 14.9. The summed E-state index contributed by atoms with van der Waals surface area (Å²) in [6.07, 6.45) is 2.30. The van der Waals surface area contributed by atoms with Crippen molar-refractivity contribution in [1.29, 1.82) is 0 Å². The minimum atomic E-state index is -0.506. The average molecular weight is 299 g/mol. The molecule has 0 radical (unpaired) electrons. The molecule has 0 spiro atoms. The Bertz CT molecular complexity index is 619. The largest absolute Gasteiger partial charge is 0.491 e. The second kappa shape index (κ2) is 6.85. The van der Waals surface area contributed by atoms with Crippen LogP contribution in [-0.2, 0) is 13.0 Å². The number of aromatic nitrogens is 2. The van der Waals surface area contributed by atoms with Crippen LogP contribution in [0.2, 0.25) is 0 Å². The fourth-order valence-corrected chi connectivity index (χ4v) is 2.69. The highest BCUT2D eigenvalue weighted by Crippen LogP contribution is 2.16. The molecule has 2 aromatic rings. The van der Waals surface area contributed by atoms with Gasteiger partial charge in [0.2, 0.25) is 0 Å². The zero-order valence-electron chi connectivity index (χ0n) is 12.8. The van der Waals surface area contributed by atoms with Crippen LogP contribution >= 0.6 is 0 Å². The number of nitrogens with zero attached hydrogens (tertiary/aromatic N) is 3. The molecular weight excluding hydrogens is 278 g/mol. The second-order valence-corrected chi connectivity index (χ2v) is 5.65. The number of para-hydroxylation sites is 1. The van der Waals surface area contributed by atoms with Gasteiger partial charge in [-0.15, -0.1) is 0 Å². The fourth-order valence-electron chi connectivity index (χ4n) is 2.69. The van der Waals surface area contributed by atoms with Gasteiger partial charge in [0, 0.05) is 43.5 Å². The molecule has 0 saturated heterocycles. The van der Waals surface area contributed by atoms with E-state index < -0.39 is 6.10 Å². The summed E-state index contributed by atoms with van der Waals surface area (Å²) in [5.74, 6) is 1.61. The molecule has 5 nitrogen and oxygen atoms in total. The molecule has 22 heavy (non-hydrogen) atoms. The summed E-state index contributed by atoms with van der Waals surface area (Å²) in [6.45, 7) is 4.51. The lowest BCUT2D eigenvalue weighted by Gasteiger charge is -2.29. The molecule has 1 unspecified atom stereocenters. The first-order chi connectivity index (χ1) is 10.7. The van der Waals surface area contributed by atoms with Gasteiger partial charge in [-0.3, -0.25) is 4.90 Å². The molecule has 1 aromatic carbocycles. The third kappa shape index (κ3) is 3.81. The zero-order chi connectivity index (χ0) is 15.4. The first-order valence-corrected chi connectivity index (χ1v) is 7.60. The molecule has 0 amide bonds. The van der Waals surface area contributed by atoms with Crippen LogP contribution in [0, 0.1) is 6.92 Å². The van der Waals surface area contributed by atoms with Crippen LogP contribution in [0.1, 0.15) is 17.1 Å². The molecule has 0 saturated carbocycles. The number of fused-ring (bicyclic) bond motifs is 1. The number of hydrogen-bond donors (Lipinski definition) is 1. The van der Waals surface area contributed by atoms with Crippen LogP contribution in [0.15, 0.2) is 36.5 Å². The number of aliphatic hydroxyl groups is 1. The summed E-state index contributed by atoms with van der Waals surface area (Å²) in [4.78, 5) is 11.0. The number of benzene rings is 1. The maximum absolute atomic E-state index is 10.2. The summed E-state index contributed by atoms with van der Waals surface area (Å²) in [6, 6.07) is 9.57. The first-order valence-electron chi connectivity index (χ1n) is 7.60. The fraction of sp³-hybridized carbons (Fsp3) is 0.412. The van der Waals surface area contributed by atoms with Crippen LogP contribution in [-0.4, -0.2) is 45.8 Å². The minimum absolute atomic E-state index is 0.303. The van der Waals surface area contributed by atoms with E-state index in [0.717, 1.165) is 42.3 Å². The Labute approximate surface area is 130 Å². The number of aliphatic hydroxyl groups excluding tert-OH is 1. The van der Waals surface area contributed by atoms with Gasteiger partial charge in [0.05, 0.1) is 0 Å². The van der Waals surface area contributed by atoms with E-state index in [4.69, 9.17) is 4.74 Å². The molecule has 0 aliphatic carbocycles. The summed E-state index contributed by atoms with van der Waals surface area (Å²) < 4.78 is 5.59. The molecule has 3 rings (SSSR count). The summed E-state index contributed by atoms with van der Waals surface area (Å²) in [5.41, 5.74) is 2.30. The smallest absolute Gasteiger partial charge is 0.125 e. The molecule has 1 aromatic heterocycles. The van der Waals surface area contributed by atoms with Gasteiger partial charge in [-0.1, -0.05) is 18.2 Å². The zero-order valence-corrected chi connectivity index (χ0v) is 12.8. The molecule has 5 heteroatoms. The minimum Gasteiger partial charge on any atom is -0.491 e. The van der Waals surface area contributed by atoms with Crippen LogP contribution in [0.5, 0.6) is 5.75 Å². The van der Waals surface area contributed by atoms with E-state index in [1.807, 2.05) is 43.5 Å². The van der Waals surface area contributed by atoms with Gasteiger partial charge in [-0.05, 0) is 19.1 Å². The van der Waals surface area contributed by atoms with Crippen molar-refractivity contribution in [1.82, 2.24) is 14.9 Å². The Morgan fingerprint density at radius 2 is 2.14 bits per heavy atom. The third-order valence-corrected chi connectivity index (χ3v) is 3.79. The van der Waals surface area contributed by atoms with Gasteiger partial charge >= 0.3 is 0 Å². The van der Waals surface area contributed by atoms with Gasteiger partial charge < -0.3 is 9.84 Å². The molecule has 0 fully saturated rings. The SMILES string of the molecule is Cc1ncc2c(n1)CCN(CC(O)COc1ccccc1)C2. The normalized spacial score (nSPS) is 16.1. The van der Waals surface area contributed by atoms with Crippen LogP contribution in [0.3, 0.4) is 0 Å². The second-order valence-electron chi connectivity index (χ2n) is 5.65. The van der Waals surface area contributed by atoms with E-state index in [1.54, 1.807) is 0 Å². The lowest BCUT2D eigenvalue weighted by Crippen LogP contribution is -2.39. The van der Waals surface area contributed by atoms with Crippen LogP contribution in [0.25, 0.3) is 0 Å². The Balaban J connectivity index is 1.50. The highest BCUT2D eigenvalue weighted by molar-refractivity contribution is 5.21. The van der Waals surface area contributed by atoms with Crippen LogP contribution < -0.4 is 4.74 Å². The van der Waals surface area contributed by atoms with E-state index in [1.165, 1.54) is 0 Å². The predicted octanol–water partition coefficient (Wildman–Crippen LogP) is 1.58. The lowest BCUT2D eigenvalue weighted by molar-refractivity contribution is 0.0634. The number of aryl methyl sites for hydroxylation is 1. The summed E-state index contributed by atoms with van der Waals surface area (Å²) in [5, 5.41) is 10.2. The van der Waals surface area contributed by atoms with Gasteiger partial charge in [0.25, 0.3) is 0 Å². The molecule has 1 atom stereocenters. The molecule has 1 N–H and O–H groups in total. The summed E-state index contributed by atoms with van der Waals surface area (Å²) in [7, 11) is 0. The Kier molecular flexibility index (Phi) is 4.65. The van der Waals surface area contributed by atoms with Crippen LogP contribution in [0.4, 0.5) is 0 Å². The van der Waals surface area contributed by atoms with Crippen molar-refractivity contribution in [3.8, 4) is 5.75 Å². The Morgan fingerprint density at radius 1 is 1.32 bits per heavy atom. The number of β-amino-alcohol motifs (C(OH)–C–C–N with tert-alkyl or cyclic N) is 1. The van der Waals surface area contributed by atoms with E-state index in [2.05, 4.69) is 14.9 Å². The maximum atomic E-state index is 10.2. The van der Waals surface area contributed by atoms with E-state index in [0.29, 0.717) is 13.2 Å². The monoisotopic (exact) mass is 299 g/mol. The highest BCUT2D eigenvalue weighted by atomic mass is 16.5. The van der Waals surface area contributed by atoms with Crippen molar-refractivity contribution in [2.24, 2.45) is 0 Å². The van der Waals surface area contributed by atoms with Crippen molar-refractivity contribution in [2.45, 2.75) is 26.0 Å². The van der Waals surface area contributed by atoms with Crippen molar-refractivity contribution in [2.75, 3.05) is 19.7 Å². The van der Waals surface area contributed by atoms with E-state index in [9.17, 15) is 5.11 Å². The standard InChI is InChI=1S/C17H21N3O2/c1-13-18-9-14-10-20(8-7-17(14)19-13)11-15(21)12-22-16-5-3-2-4-6-16/h2-6,9,15,21H,7-8,10-12H2,1H3. The highest BCUT2D eigenvalue weighted by Gasteiger charge is 2.20. The Morgan fingerprint density at radius 3 is 2.95 bits per heavy atom. The van der Waals surface area contributed by atoms with E-state index in [-0.39, 0.29) is 0 Å². The molecule has 1 aliphatic rings. The molecule has 1 aliphatic heterocycles. The summed E-state index contributed by atoms with van der Waals surface area (Å²) >= 11 is 0. The maximum Gasteiger partial charge on any atom is 0.125 e. The van der Waals surface area contributed by atoms with Gasteiger partial charge in [-0.25, -0.2) is 9.97 Å². The topological polar surface area (TPSA) is 58.5 Å². The average Bonchev–Trinajstić information content (AvgIpc) is 2.54. The lowest BCUT2D eigenvalue weighted by atomic mass is 10.1. The molecule has 2 heterocycles. The number of rotatable bonds is 5. The third-order valence-electron chi connectivity index (χ3n) is 3.79. The van der Waals surface area contributed by atoms with Gasteiger partial charge in [-0.2, -0.15) is 0 Å². The van der Waals surface area contributed by atoms with Gasteiger partial charge in [0.15, 0.2) is 0 Å². The molecular formula is C17H21N3O2.